The van der Waals surface area contributed by atoms with Gasteiger partial charge in [-0.25, -0.2) is 0 Å². The number of benzene rings is 1. The van der Waals surface area contributed by atoms with Crippen LogP contribution in [0.25, 0.3) is 0 Å². The van der Waals surface area contributed by atoms with Crippen molar-refractivity contribution in [1.29, 1.82) is 0 Å². The van der Waals surface area contributed by atoms with Crippen LogP contribution in [0.4, 0.5) is 0 Å². The van der Waals surface area contributed by atoms with Crippen LogP contribution in [0.3, 0.4) is 0 Å². The van der Waals surface area contributed by atoms with Crippen molar-refractivity contribution in [2.24, 2.45) is 0 Å². The third kappa shape index (κ3) is 4.68. The first-order chi connectivity index (χ1) is 8.34. The summed E-state index contributed by atoms with van der Waals surface area (Å²) in [5, 5.41) is 0. The zero-order valence-electron chi connectivity index (χ0n) is 10.7. The number of hydrogen-bond donors (Lipinski definition) is 0. The van der Waals surface area contributed by atoms with Crippen LogP contribution in [0.15, 0.2) is 48.8 Å². The van der Waals surface area contributed by atoms with Crippen LogP contribution in [0, 0.1) is 6.92 Å². The maximum atomic E-state index is 5.61. The summed E-state index contributed by atoms with van der Waals surface area (Å²) in [4.78, 5) is 4.03. The molecule has 0 radical (unpaired) electrons. The molecule has 0 aliphatic heterocycles. The van der Waals surface area contributed by atoms with Gasteiger partial charge in [-0.05, 0) is 25.1 Å². The summed E-state index contributed by atoms with van der Waals surface area (Å²) in [6.07, 6.45) is 3.57. The Morgan fingerprint density at radius 1 is 1.06 bits per heavy atom. The average molecular weight is 229 g/mol. The van der Waals surface area contributed by atoms with Gasteiger partial charge in [0.2, 0.25) is 0 Å². The van der Waals surface area contributed by atoms with E-state index in [0.717, 1.165) is 11.3 Å². The van der Waals surface area contributed by atoms with Gasteiger partial charge in [-0.15, -0.1) is 0 Å². The van der Waals surface area contributed by atoms with E-state index in [1.165, 1.54) is 5.56 Å². The Morgan fingerprint density at radius 3 is 2.35 bits per heavy atom. The zero-order chi connectivity index (χ0) is 12.5. The molecule has 0 N–H and O–H groups in total. The van der Waals surface area contributed by atoms with E-state index < -0.39 is 0 Å². The molecule has 17 heavy (non-hydrogen) atoms. The number of hydrogen-bond acceptors (Lipinski definition) is 2. The number of pyridine rings is 1. The Balaban J connectivity index is 0.000000686. The predicted molar refractivity (Wildman–Crippen MR) is 71.1 cm³/mol. The molecule has 0 spiro atoms. The van der Waals surface area contributed by atoms with Gasteiger partial charge in [0.1, 0.15) is 12.4 Å². The van der Waals surface area contributed by atoms with E-state index in [1.54, 1.807) is 6.20 Å². The number of aryl methyl sites for hydroxylation is 1. The average Bonchev–Trinajstić information content (AvgIpc) is 2.42. The fourth-order valence-electron chi connectivity index (χ4n) is 1.28. The smallest absolute Gasteiger partial charge is 0.119 e. The minimum Gasteiger partial charge on any atom is -0.489 e. The summed E-state index contributed by atoms with van der Waals surface area (Å²) in [6.45, 7) is 6.63. The van der Waals surface area contributed by atoms with E-state index in [2.05, 4.69) is 11.9 Å². The molecule has 1 aromatic carbocycles. The molecule has 0 saturated heterocycles. The third-order valence-corrected chi connectivity index (χ3v) is 2.15. The van der Waals surface area contributed by atoms with E-state index in [-0.39, 0.29) is 0 Å². The van der Waals surface area contributed by atoms with Crippen molar-refractivity contribution in [1.82, 2.24) is 4.98 Å². The molecule has 2 nitrogen and oxygen atoms in total. The van der Waals surface area contributed by atoms with Crippen LogP contribution in [0.2, 0.25) is 0 Å². The molecule has 2 aromatic rings. The largest absolute Gasteiger partial charge is 0.489 e. The predicted octanol–water partition coefficient (Wildman–Crippen LogP) is 4.00. The third-order valence-electron chi connectivity index (χ3n) is 2.15. The van der Waals surface area contributed by atoms with Crippen LogP contribution >= 0.6 is 0 Å². The lowest BCUT2D eigenvalue weighted by Crippen LogP contribution is -1.95. The van der Waals surface area contributed by atoms with Crippen molar-refractivity contribution >= 4 is 0 Å². The molecule has 0 atom stereocenters. The Labute approximate surface area is 103 Å². The maximum absolute atomic E-state index is 5.61. The van der Waals surface area contributed by atoms with E-state index in [1.807, 2.05) is 56.4 Å². The molecule has 0 bridgehead atoms. The molecule has 2 heteroatoms. The molecule has 0 aliphatic rings. The lowest BCUT2D eigenvalue weighted by molar-refractivity contribution is 0.305. The normalized spacial score (nSPS) is 9.12. The lowest BCUT2D eigenvalue weighted by Gasteiger charge is -2.05. The van der Waals surface area contributed by atoms with E-state index >= 15 is 0 Å². The summed E-state index contributed by atoms with van der Waals surface area (Å²) in [5.41, 5.74) is 2.32. The van der Waals surface area contributed by atoms with Gasteiger partial charge in [-0.3, -0.25) is 4.98 Å². The number of ether oxygens (including phenoxy) is 1. The van der Waals surface area contributed by atoms with E-state index in [4.69, 9.17) is 4.74 Å². The van der Waals surface area contributed by atoms with Crippen molar-refractivity contribution in [2.45, 2.75) is 27.4 Å². The summed E-state index contributed by atoms with van der Waals surface area (Å²) >= 11 is 0. The SMILES string of the molecule is CC.Cc1ccc(OCc2cccnc2)cc1. The minimum atomic E-state index is 0.566. The van der Waals surface area contributed by atoms with Crippen LogP contribution in [0.5, 0.6) is 5.75 Å². The topological polar surface area (TPSA) is 22.1 Å². The van der Waals surface area contributed by atoms with Gasteiger partial charge in [0.25, 0.3) is 0 Å². The number of nitrogens with zero attached hydrogens (tertiary/aromatic N) is 1. The first-order valence-electron chi connectivity index (χ1n) is 5.93. The van der Waals surface area contributed by atoms with Crippen molar-refractivity contribution in [2.75, 3.05) is 0 Å². The molecule has 1 aromatic heterocycles. The summed E-state index contributed by atoms with van der Waals surface area (Å²) in [5.74, 6) is 0.893. The van der Waals surface area contributed by atoms with Crippen LogP contribution < -0.4 is 4.74 Å². The van der Waals surface area contributed by atoms with E-state index in [9.17, 15) is 0 Å². The molecule has 0 fully saturated rings. The summed E-state index contributed by atoms with van der Waals surface area (Å²) in [7, 11) is 0. The minimum absolute atomic E-state index is 0.566. The Hall–Kier alpha value is -1.83. The van der Waals surface area contributed by atoms with Gasteiger partial charge in [0, 0.05) is 18.0 Å². The Bertz CT molecular complexity index is 409. The first kappa shape index (κ1) is 13.2. The first-order valence-corrected chi connectivity index (χ1v) is 5.93. The number of rotatable bonds is 3. The van der Waals surface area contributed by atoms with Gasteiger partial charge in [-0.2, -0.15) is 0 Å². The lowest BCUT2D eigenvalue weighted by atomic mass is 10.2. The fourth-order valence-corrected chi connectivity index (χ4v) is 1.28. The van der Waals surface area contributed by atoms with Crippen LogP contribution in [0.1, 0.15) is 25.0 Å². The van der Waals surface area contributed by atoms with Crippen molar-refractivity contribution in [3.8, 4) is 5.75 Å². The second-order valence-corrected chi connectivity index (χ2v) is 3.46. The second-order valence-electron chi connectivity index (χ2n) is 3.46. The molecular weight excluding hydrogens is 210 g/mol. The summed E-state index contributed by atoms with van der Waals surface area (Å²) in [6, 6.07) is 11.9. The number of aromatic nitrogens is 1. The van der Waals surface area contributed by atoms with Crippen LogP contribution in [-0.2, 0) is 6.61 Å². The van der Waals surface area contributed by atoms with Crippen LogP contribution in [-0.4, -0.2) is 4.98 Å². The molecule has 90 valence electrons. The molecule has 2 rings (SSSR count). The Kier molecular flexibility index (Phi) is 5.80. The highest BCUT2D eigenvalue weighted by molar-refractivity contribution is 5.26. The maximum Gasteiger partial charge on any atom is 0.119 e. The molecular formula is C15H19NO. The van der Waals surface area contributed by atoms with Gasteiger partial charge >= 0.3 is 0 Å². The highest BCUT2D eigenvalue weighted by Gasteiger charge is 1.94. The zero-order valence-corrected chi connectivity index (χ0v) is 10.7. The second kappa shape index (κ2) is 7.44. The highest BCUT2D eigenvalue weighted by atomic mass is 16.5. The quantitative estimate of drug-likeness (QED) is 0.793. The highest BCUT2D eigenvalue weighted by Crippen LogP contribution is 2.13. The molecule has 1 heterocycles. The molecule has 0 saturated carbocycles. The van der Waals surface area contributed by atoms with Gasteiger partial charge in [0.15, 0.2) is 0 Å². The molecule has 0 aliphatic carbocycles. The van der Waals surface area contributed by atoms with Gasteiger partial charge < -0.3 is 4.74 Å². The van der Waals surface area contributed by atoms with Gasteiger partial charge in [0.05, 0.1) is 0 Å². The van der Waals surface area contributed by atoms with Crippen molar-refractivity contribution < 1.29 is 4.74 Å². The van der Waals surface area contributed by atoms with Crippen molar-refractivity contribution in [3.05, 3.63) is 59.9 Å². The van der Waals surface area contributed by atoms with Crippen molar-refractivity contribution in [3.63, 3.8) is 0 Å². The van der Waals surface area contributed by atoms with E-state index in [0.29, 0.717) is 6.61 Å². The fraction of sp³-hybridized carbons (Fsp3) is 0.267. The molecule has 0 amide bonds. The summed E-state index contributed by atoms with van der Waals surface area (Å²) < 4.78 is 5.61. The molecule has 0 unspecified atom stereocenters. The van der Waals surface area contributed by atoms with Gasteiger partial charge in [-0.1, -0.05) is 37.6 Å². The Morgan fingerprint density at radius 2 is 1.76 bits per heavy atom. The standard InChI is InChI=1S/C13H13NO.C2H6/c1-11-4-6-13(7-5-11)15-10-12-3-2-8-14-9-12;1-2/h2-9H,10H2,1H3;1-2H3. The monoisotopic (exact) mass is 229 g/mol.